The molecule has 4 rings (SSSR count). The van der Waals surface area contributed by atoms with E-state index in [1.54, 1.807) is 41.3 Å². The Morgan fingerprint density at radius 2 is 1.89 bits per heavy atom. The van der Waals surface area contributed by atoms with E-state index in [1.807, 2.05) is 10.6 Å². The first-order valence-corrected chi connectivity index (χ1v) is 9.00. The summed E-state index contributed by atoms with van der Waals surface area (Å²) in [7, 11) is 1.31. The van der Waals surface area contributed by atoms with E-state index in [0.717, 1.165) is 12.1 Å². The maximum absolute atomic E-state index is 12.8. The second-order valence-corrected chi connectivity index (χ2v) is 7.07. The number of hydrogen-bond donors (Lipinski definition) is 1. The molecule has 3 heterocycles. The molecule has 1 fully saturated rings. The third kappa shape index (κ3) is 3.20. The van der Waals surface area contributed by atoms with Crippen LogP contribution >= 0.6 is 0 Å². The summed E-state index contributed by atoms with van der Waals surface area (Å²) in [4.78, 5) is 38.6. The summed E-state index contributed by atoms with van der Waals surface area (Å²) in [5.41, 5.74) is 1.77. The fourth-order valence-electron chi connectivity index (χ4n) is 4.14. The summed E-state index contributed by atoms with van der Waals surface area (Å²) in [6, 6.07) is 11.9. The van der Waals surface area contributed by atoms with Gasteiger partial charge in [0.25, 0.3) is 5.56 Å². The number of likely N-dealkylation sites (tertiary alicyclic amines) is 1. The van der Waals surface area contributed by atoms with Crippen LogP contribution in [0.1, 0.15) is 28.4 Å². The molecule has 1 N–H and O–H groups in total. The molecule has 7 heteroatoms. The molecule has 1 aromatic heterocycles. The Morgan fingerprint density at radius 1 is 1.07 bits per heavy atom. The Bertz CT molecular complexity index is 952. The molecule has 27 heavy (non-hydrogen) atoms. The normalized spacial score (nSPS) is 20.6. The number of amides is 2. The lowest BCUT2D eigenvalue weighted by Crippen LogP contribution is -2.50. The zero-order valence-electron chi connectivity index (χ0n) is 15.1. The highest BCUT2D eigenvalue weighted by Gasteiger charge is 2.36. The van der Waals surface area contributed by atoms with Gasteiger partial charge in [-0.3, -0.25) is 4.79 Å². The van der Waals surface area contributed by atoms with Gasteiger partial charge in [-0.05, 0) is 30.5 Å². The molecule has 1 aromatic carbocycles. The van der Waals surface area contributed by atoms with Crippen LogP contribution in [-0.2, 0) is 11.3 Å². The van der Waals surface area contributed by atoms with Gasteiger partial charge in [0, 0.05) is 37.3 Å². The highest BCUT2D eigenvalue weighted by molar-refractivity contribution is 6.00. The summed E-state index contributed by atoms with van der Waals surface area (Å²) in [5, 5.41) is 2.84. The Kier molecular flexibility index (Phi) is 4.43. The average Bonchev–Trinajstić information content (AvgIpc) is 2.68. The van der Waals surface area contributed by atoms with Crippen LogP contribution in [0, 0.1) is 5.92 Å². The highest BCUT2D eigenvalue weighted by atomic mass is 16.5. The van der Waals surface area contributed by atoms with E-state index >= 15 is 0 Å². The van der Waals surface area contributed by atoms with E-state index < -0.39 is 5.97 Å². The molecule has 0 spiro atoms. The maximum atomic E-state index is 12.8. The lowest BCUT2D eigenvalue weighted by atomic mass is 9.83. The van der Waals surface area contributed by atoms with E-state index in [9.17, 15) is 14.4 Å². The standard InChI is InChI=1S/C20H21N3O4/c1-27-19(25)15-5-2-3-6-16(15)21-20(26)22-10-13-9-14(12-22)17-7-4-8-18(24)23(17)11-13/h2-8,13-14H,9-12H2,1H3,(H,21,26)/t13-,14+/m0/s1. The number of carbonyl (C=O) groups is 2. The minimum atomic E-state index is -0.491. The van der Waals surface area contributed by atoms with Gasteiger partial charge in [-0.1, -0.05) is 18.2 Å². The summed E-state index contributed by atoms with van der Waals surface area (Å²) in [5.74, 6) is -0.0966. The minimum Gasteiger partial charge on any atom is -0.465 e. The van der Waals surface area contributed by atoms with Crippen LogP contribution in [0.5, 0.6) is 0 Å². The van der Waals surface area contributed by atoms with Crippen molar-refractivity contribution >= 4 is 17.7 Å². The van der Waals surface area contributed by atoms with Crippen molar-refractivity contribution in [2.45, 2.75) is 18.9 Å². The van der Waals surface area contributed by atoms with Crippen LogP contribution in [0.25, 0.3) is 0 Å². The second-order valence-electron chi connectivity index (χ2n) is 7.07. The molecule has 1 saturated heterocycles. The topological polar surface area (TPSA) is 80.6 Å². The molecule has 140 valence electrons. The number of esters is 1. The number of benzene rings is 1. The van der Waals surface area contributed by atoms with Crippen molar-refractivity contribution in [2.24, 2.45) is 5.92 Å². The van der Waals surface area contributed by atoms with Crippen LogP contribution in [0.3, 0.4) is 0 Å². The van der Waals surface area contributed by atoms with Gasteiger partial charge in [0.05, 0.1) is 18.4 Å². The number of anilines is 1. The Morgan fingerprint density at radius 3 is 2.70 bits per heavy atom. The lowest BCUT2D eigenvalue weighted by Gasteiger charge is -2.42. The molecule has 2 amide bonds. The maximum Gasteiger partial charge on any atom is 0.339 e. The zero-order chi connectivity index (χ0) is 19.0. The minimum absolute atomic E-state index is 0.0205. The van der Waals surface area contributed by atoms with Crippen LogP contribution in [0.4, 0.5) is 10.5 Å². The van der Waals surface area contributed by atoms with E-state index in [2.05, 4.69) is 5.32 Å². The van der Waals surface area contributed by atoms with Crippen LogP contribution in [-0.4, -0.2) is 41.7 Å². The number of pyridine rings is 1. The Hall–Kier alpha value is -3.09. The molecule has 7 nitrogen and oxygen atoms in total. The zero-order valence-corrected chi connectivity index (χ0v) is 15.1. The quantitative estimate of drug-likeness (QED) is 0.826. The molecule has 2 aromatic rings. The molecule has 0 unspecified atom stereocenters. The van der Waals surface area contributed by atoms with Gasteiger partial charge in [0.2, 0.25) is 0 Å². The SMILES string of the molecule is COC(=O)c1ccccc1NC(=O)N1C[C@@H]2C[C@H](C1)c1cccc(=O)n1C2. The molecule has 0 saturated carbocycles. The molecule has 0 aliphatic carbocycles. The second kappa shape index (κ2) is 6.90. The van der Waals surface area contributed by atoms with Crippen molar-refractivity contribution < 1.29 is 14.3 Å². The first-order chi connectivity index (χ1) is 13.1. The van der Waals surface area contributed by atoms with E-state index in [1.165, 1.54) is 7.11 Å². The fraction of sp³-hybridized carbons (Fsp3) is 0.350. The number of carbonyl (C=O) groups excluding carboxylic acids is 2. The number of rotatable bonds is 2. The monoisotopic (exact) mass is 367 g/mol. The molecule has 2 atom stereocenters. The largest absolute Gasteiger partial charge is 0.465 e. The smallest absolute Gasteiger partial charge is 0.339 e. The molecule has 2 aliphatic heterocycles. The average molecular weight is 367 g/mol. The number of hydrogen-bond acceptors (Lipinski definition) is 4. The van der Waals surface area contributed by atoms with E-state index in [0.29, 0.717) is 30.9 Å². The number of urea groups is 1. The molecule has 2 aliphatic rings. The number of para-hydroxylation sites is 1. The Balaban J connectivity index is 1.54. The number of fused-ring (bicyclic) bond motifs is 4. The van der Waals surface area contributed by atoms with Gasteiger partial charge in [-0.15, -0.1) is 0 Å². The highest BCUT2D eigenvalue weighted by Crippen LogP contribution is 2.35. The molecule has 0 radical (unpaired) electrons. The molecular formula is C20H21N3O4. The van der Waals surface area contributed by atoms with Crippen molar-refractivity contribution in [1.82, 2.24) is 9.47 Å². The van der Waals surface area contributed by atoms with Gasteiger partial charge >= 0.3 is 12.0 Å². The predicted molar refractivity (Wildman–Crippen MR) is 99.9 cm³/mol. The number of methoxy groups -OCH3 is 1. The first kappa shape index (κ1) is 17.3. The van der Waals surface area contributed by atoms with Gasteiger partial charge < -0.3 is 19.5 Å². The van der Waals surface area contributed by atoms with E-state index in [-0.39, 0.29) is 23.4 Å². The Labute approximate surface area is 156 Å². The van der Waals surface area contributed by atoms with Crippen molar-refractivity contribution in [3.8, 4) is 0 Å². The third-order valence-electron chi connectivity index (χ3n) is 5.34. The first-order valence-electron chi connectivity index (χ1n) is 9.00. The number of ether oxygens (including phenoxy) is 1. The molecular weight excluding hydrogens is 346 g/mol. The summed E-state index contributed by atoms with van der Waals surface area (Å²) in [6.45, 7) is 1.77. The number of nitrogens with zero attached hydrogens (tertiary/aromatic N) is 2. The van der Waals surface area contributed by atoms with Crippen molar-refractivity contribution in [3.05, 3.63) is 64.1 Å². The van der Waals surface area contributed by atoms with E-state index in [4.69, 9.17) is 4.74 Å². The number of aromatic nitrogens is 1. The van der Waals surface area contributed by atoms with Crippen LogP contribution in [0.15, 0.2) is 47.3 Å². The van der Waals surface area contributed by atoms with Crippen molar-refractivity contribution in [3.63, 3.8) is 0 Å². The summed E-state index contributed by atoms with van der Waals surface area (Å²) >= 11 is 0. The number of nitrogens with one attached hydrogen (secondary N) is 1. The fourth-order valence-corrected chi connectivity index (χ4v) is 4.14. The van der Waals surface area contributed by atoms with Gasteiger partial charge in [-0.25, -0.2) is 9.59 Å². The third-order valence-corrected chi connectivity index (χ3v) is 5.34. The predicted octanol–water partition coefficient (Wildman–Crippen LogP) is 2.29. The van der Waals surface area contributed by atoms with Crippen LogP contribution < -0.4 is 10.9 Å². The molecule has 2 bridgehead atoms. The lowest BCUT2D eigenvalue weighted by molar-refractivity contribution is 0.0602. The summed E-state index contributed by atoms with van der Waals surface area (Å²) in [6.07, 6.45) is 0.978. The van der Waals surface area contributed by atoms with Gasteiger partial charge in [-0.2, -0.15) is 0 Å². The van der Waals surface area contributed by atoms with Gasteiger partial charge in [0.15, 0.2) is 0 Å². The summed E-state index contributed by atoms with van der Waals surface area (Å²) < 4.78 is 6.61. The van der Waals surface area contributed by atoms with Crippen molar-refractivity contribution in [2.75, 3.05) is 25.5 Å². The van der Waals surface area contributed by atoms with Gasteiger partial charge in [0.1, 0.15) is 0 Å². The van der Waals surface area contributed by atoms with Crippen molar-refractivity contribution in [1.29, 1.82) is 0 Å². The number of piperidine rings is 1. The van der Waals surface area contributed by atoms with Crippen LogP contribution in [0.2, 0.25) is 0 Å².